The van der Waals surface area contributed by atoms with Crippen molar-refractivity contribution < 1.29 is 4.79 Å². The molecule has 1 aromatic carbocycles. The summed E-state index contributed by atoms with van der Waals surface area (Å²) in [6.07, 6.45) is 0.597. The second-order valence-corrected chi connectivity index (χ2v) is 2.83. The number of hydrogen-bond acceptors (Lipinski definition) is 2. The first kappa shape index (κ1) is 9.34. The number of hydrogen-bond donors (Lipinski definition) is 0. The van der Waals surface area contributed by atoms with Gasteiger partial charge in [0.2, 0.25) is 0 Å². The molecule has 0 amide bonds. The molecule has 0 unspecified atom stereocenters. The molecule has 2 heteroatoms. The molecule has 0 atom stereocenters. The van der Waals surface area contributed by atoms with Gasteiger partial charge in [0.05, 0.1) is 0 Å². The normalized spacial score (nSPS) is 8.46. The molecule has 0 aliphatic carbocycles. The molecule has 0 N–H and O–H groups in total. The van der Waals surface area contributed by atoms with Crippen molar-refractivity contribution in [3.63, 3.8) is 0 Å². The number of rotatable bonds is 1. The minimum Gasteiger partial charge on any atom is -0.378 e. The van der Waals surface area contributed by atoms with Crippen molar-refractivity contribution in [2.24, 2.45) is 0 Å². The predicted molar refractivity (Wildman–Crippen MR) is 53.7 cm³/mol. The van der Waals surface area contributed by atoms with E-state index in [2.05, 4.69) is 11.8 Å². The molecular formula is C11H11NO. The van der Waals surface area contributed by atoms with E-state index in [9.17, 15) is 4.79 Å². The lowest BCUT2D eigenvalue weighted by Gasteiger charge is -2.11. The Bertz CT molecular complexity index is 341. The van der Waals surface area contributed by atoms with Gasteiger partial charge in [0.1, 0.15) is 0 Å². The first-order valence-electron chi connectivity index (χ1n) is 3.96. The van der Waals surface area contributed by atoms with E-state index in [4.69, 9.17) is 0 Å². The van der Waals surface area contributed by atoms with Crippen molar-refractivity contribution in [2.75, 3.05) is 19.0 Å². The van der Waals surface area contributed by atoms with E-state index >= 15 is 0 Å². The lowest BCUT2D eigenvalue weighted by atomic mass is 10.2. The Morgan fingerprint density at radius 2 is 1.85 bits per heavy atom. The fraction of sp³-hybridized carbons (Fsp3) is 0.182. The van der Waals surface area contributed by atoms with Gasteiger partial charge in [-0.3, -0.25) is 4.79 Å². The second-order valence-electron chi connectivity index (χ2n) is 2.83. The summed E-state index contributed by atoms with van der Waals surface area (Å²) in [5, 5.41) is 0. The molecule has 0 heterocycles. The predicted octanol–water partition coefficient (Wildman–Crippen LogP) is 1.30. The molecule has 1 rings (SSSR count). The summed E-state index contributed by atoms with van der Waals surface area (Å²) in [5.41, 5.74) is 1.98. The fourth-order valence-corrected chi connectivity index (χ4v) is 0.956. The zero-order valence-corrected chi connectivity index (χ0v) is 7.74. The van der Waals surface area contributed by atoms with Crippen LogP contribution in [0.3, 0.4) is 0 Å². The van der Waals surface area contributed by atoms with Crippen molar-refractivity contribution in [1.82, 2.24) is 0 Å². The van der Waals surface area contributed by atoms with Crippen molar-refractivity contribution in [3.05, 3.63) is 29.8 Å². The Labute approximate surface area is 78.2 Å². The minimum absolute atomic E-state index is 0.597. The molecular weight excluding hydrogens is 162 g/mol. The van der Waals surface area contributed by atoms with Gasteiger partial charge in [0, 0.05) is 25.3 Å². The molecule has 0 spiro atoms. The summed E-state index contributed by atoms with van der Waals surface area (Å²) in [5.74, 6) is 5.09. The number of carbonyl (C=O) groups excluding carboxylic acids is 1. The van der Waals surface area contributed by atoms with Crippen molar-refractivity contribution in [1.29, 1.82) is 0 Å². The van der Waals surface area contributed by atoms with Gasteiger partial charge in [-0.2, -0.15) is 0 Å². The molecule has 0 saturated carbocycles. The van der Waals surface area contributed by atoms with Crippen LogP contribution in [-0.2, 0) is 4.79 Å². The maximum Gasteiger partial charge on any atom is 0.193 e. The summed E-state index contributed by atoms with van der Waals surface area (Å²) in [6, 6.07) is 7.72. The molecule has 66 valence electrons. The number of benzene rings is 1. The van der Waals surface area contributed by atoms with Crippen LogP contribution in [0, 0.1) is 11.8 Å². The van der Waals surface area contributed by atoms with Gasteiger partial charge in [-0.05, 0) is 30.2 Å². The Morgan fingerprint density at radius 1 is 1.23 bits per heavy atom. The molecule has 13 heavy (non-hydrogen) atoms. The Kier molecular flexibility index (Phi) is 3.10. The number of carbonyl (C=O) groups is 1. The van der Waals surface area contributed by atoms with E-state index in [-0.39, 0.29) is 0 Å². The van der Waals surface area contributed by atoms with Crippen molar-refractivity contribution >= 4 is 12.0 Å². The highest BCUT2D eigenvalue weighted by Gasteiger charge is 1.92. The highest BCUT2D eigenvalue weighted by Crippen LogP contribution is 2.10. The topological polar surface area (TPSA) is 20.3 Å². The molecule has 0 aliphatic heterocycles. The van der Waals surface area contributed by atoms with Gasteiger partial charge in [-0.1, -0.05) is 5.92 Å². The lowest BCUT2D eigenvalue weighted by Crippen LogP contribution is -2.07. The molecule has 0 aromatic heterocycles. The smallest absolute Gasteiger partial charge is 0.193 e. The van der Waals surface area contributed by atoms with E-state index in [0.29, 0.717) is 6.29 Å². The Hall–Kier alpha value is -1.75. The van der Waals surface area contributed by atoms with Crippen LogP contribution in [-0.4, -0.2) is 20.4 Å². The fourth-order valence-electron chi connectivity index (χ4n) is 0.956. The van der Waals surface area contributed by atoms with Crippen LogP contribution in [0.5, 0.6) is 0 Å². The van der Waals surface area contributed by atoms with Gasteiger partial charge in [0.25, 0.3) is 0 Å². The summed E-state index contributed by atoms with van der Waals surface area (Å²) in [6.45, 7) is 0. The van der Waals surface area contributed by atoms with Crippen LogP contribution in [0.15, 0.2) is 24.3 Å². The van der Waals surface area contributed by atoms with E-state index < -0.39 is 0 Å². The maximum absolute atomic E-state index is 9.97. The van der Waals surface area contributed by atoms with Gasteiger partial charge >= 0.3 is 0 Å². The number of aldehydes is 1. The third kappa shape index (κ3) is 2.64. The molecule has 0 saturated heterocycles. The Morgan fingerprint density at radius 3 is 2.31 bits per heavy atom. The summed E-state index contributed by atoms with van der Waals surface area (Å²) < 4.78 is 0. The first-order chi connectivity index (χ1) is 6.24. The average molecular weight is 173 g/mol. The standard InChI is InChI=1S/C11H11NO/c1-12(2)11-7-5-10(6-8-11)4-3-9-13/h5-9H,1-2H3. The van der Waals surface area contributed by atoms with Crippen LogP contribution in [0.4, 0.5) is 5.69 Å². The van der Waals surface area contributed by atoms with Crippen molar-refractivity contribution in [2.45, 2.75) is 0 Å². The maximum atomic E-state index is 9.97. The third-order valence-electron chi connectivity index (χ3n) is 1.66. The number of nitrogens with zero attached hydrogens (tertiary/aromatic N) is 1. The van der Waals surface area contributed by atoms with Crippen LogP contribution in [0.1, 0.15) is 5.56 Å². The average Bonchev–Trinajstić information content (AvgIpc) is 2.15. The monoisotopic (exact) mass is 173 g/mol. The van der Waals surface area contributed by atoms with Crippen LogP contribution in [0.25, 0.3) is 0 Å². The summed E-state index contributed by atoms with van der Waals surface area (Å²) in [7, 11) is 3.96. The highest BCUT2D eigenvalue weighted by molar-refractivity contribution is 5.74. The SMILES string of the molecule is CN(C)c1ccc(C#CC=O)cc1. The first-order valence-corrected chi connectivity index (χ1v) is 3.96. The van der Waals surface area contributed by atoms with Gasteiger partial charge in [-0.15, -0.1) is 0 Å². The molecule has 1 aromatic rings. The molecule has 0 aliphatic rings. The Balaban J connectivity index is 2.87. The van der Waals surface area contributed by atoms with Gasteiger partial charge < -0.3 is 4.90 Å². The van der Waals surface area contributed by atoms with Crippen LogP contribution >= 0.6 is 0 Å². The van der Waals surface area contributed by atoms with E-state index in [1.807, 2.05) is 43.3 Å². The lowest BCUT2D eigenvalue weighted by molar-refractivity contribution is -0.103. The second kappa shape index (κ2) is 4.32. The van der Waals surface area contributed by atoms with Gasteiger partial charge in [0.15, 0.2) is 6.29 Å². The molecule has 0 fully saturated rings. The summed E-state index contributed by atoms with van der Waals surface area (Å²) >= 11 is 0. The highest BCUT2D eigenvalue weighted by atomic mass is 16.1. The van der Waals surface area contributed by atoms with Crippen molar-refractivity contribution in [3.8, 4) is 11.8 Å². The summed E-state index contributed by atoms with van der Waals surface area (Å²) in [4.78, 5) is 12.0. The molecule has 0 bridgehead atoms. The molecule has 0 radical (unpaired) electrons. The zero-order chi connectivity index (χ0) is 9.68. The van der Waals surface area contributed by atoms with E-state index in [1.54, 1.807) is 0 Å². The zero-order valence-electron chi connectivity index (χ0n) is 7.74. The molecule has 2 nitrogen and oxygen atoms in total. The van der Waals surface area contributed by atoms with Crippen LogP contribution < -0.4 is 4.90 Å². The van der Waals surface area contributed by atoms with Gasteiger partial charge in [-0.25, -0.2) is 0 Å². The quantitative estimate of drug-likeness (QED) is 0.471. The van der Waals surface area contributed by atoms with E-state index in [1.165, 1.54) is 0 Å². The number of anilines is 1. The minimum atomic E-state index is 0.597. The largest absolute Gasteiger partial charge is 0.378 e. The third-order valence-corrected chi connectivity index (χ3v) is 1.66. The van der Waals surface area contributed by atoms with Crippen LogP contribution in [0.2, 0.25) is 0 Å². The van der Waals surface area contributed by atoms with E-state index in [0.717, 1.165) is 11.3 Å².